The van der Waals surface area contributed by atoms with E-state index in [4.69, 9.17) is 14.4 Å². The second-order valence-corrected chi connectivity index (χ2v) is 5.09. The molecule has 0 amide bonds. The van der Waals surface area contributed by atoms with Crippen LogP contribution >= 0.6 is 11.8 Å². The van der Waals surface area contributed by atoms with Gasteiger partial charge in [-0.2, -0.15) is 10.5 Å². The van der Waals surface area contributed by atoms with Crippen LogP contribution in [0.4, 0.5) is 0 Å². The molecule has 2 heterocycles. The molecule has 114 valence electrons. The molecule has 0 saturated heterocycles. The fraction of sp³-hybridized carbons (Fsp3) is 0.118. The van der Waals surface area contributed by atoms with Gasteiger partial charge >= 0.3 is 0 Å². The number of aromatic nitrogens is 1. The molecule has 0 N–H and O–H groups in total. The first-order valence-electron chi connectivity index (χ1n) is 6.61. The number of rotatable bonds is 6. The van der Waals surface area contributed by atoms with Gasteiger partial charge in [0.05, 0.1) is 12.0 Å². The van der Waals surface area contributed by atoms with E-state index in [-0.39, 0.29) is 18.1 Å². The summed E-state index contributed by atoms with van der Waals surface area (Å²) in [5.74, 6) is 0.646. The van der Waals surface area contributed by atoms with E-state index in [2.05, 4.69) is 17.6 Å². The Kier molecular flexibility index (Phi) is 5.62. The van der Waals surface area contributed by atoms with Crippen LogP contribution in [0.25, 0.3) is 16.2 Å². The maximum Gasteiger partial charge on any atom is 0.234 e. The summed E-state index contributed by atoms with van der Waals surface area (Å²) in [5.41, 5.74) is 1.42. The quantitative estimate of drug-likeness (QED) is 0.747. The minimum atomic E-state index is -0.192. The molecule has 0 aliphatic rings. The highest BCUT2D eigenvalue weighted by atomic mass is 32.2. The fourth-order valence-corrected chi connectivity index (χ4v) is 2.50. The third-order valence-corrected chi connectivity index (χ3v) is 3.68. The summed E-state index contributed by atoms with van der Waals surface area (Å²) in [4.78, 5) is 5.23. The first-order chi connectivity index (χ1) is 11.2. The number of furan rings is 1. The van der Waals surface area contributed by atoms with Crippen LogP contribution in [0.2, 0.25) is 0 Å². The Hall–Kier alpha value is -2.96. The smallest absolute Gasteiger partial charge is 0.234 e. The van der Waals surface area contributed by atoms with E-state index >= 15 is 0 Å². The predicted octanol–water partition coefficient (Wildman–Crippen LogP) is 4.01. The lowest BCUT2D eigenvalue weighted by atomic mass is 10.1. The van der Waals surface area contributed by atoms with E-state index in [1.54, 1.807) is 24.3 Å². The Morgan fingerprint density at radius 2 is 2.35 bits per heavy atom. The number of nitriles is 2. The third-order valence-electron chi connectivity index (χ3n) is 2.90. The molecular formula is C17H13N3O2S. The normalized spacial score (nSPS) is 10.7. The molecule has 0 spiro atoms. The molecule has 2 aromatic rings. The highest BCUT2D eigenvalue weighted by Crippen LogP contribution is 2.34. The van der Waals surface area contributed by atoms with Gasteiger partial charge in [-0.1, -0.05) is 12.7 Å². The molecule has 0 radical (unpaired) electrons. The molecule has 0 bridgehead atoms. The van der Waals surface area contributed by atoms with Crippen LogP contribution in [0.3, 0.4) is 0 Å². The zero-order valence-electron chi connectivity index (χ0n) is 12.4. The molecular weight excluding hydrogens is 310 g/mol. The van der Waals surface area contributed by atoms with Crippen LogP contribution in [0, 0.1) is 22.7 Å². The Bertz CT molecular complexity index is 812. The summed E-state index contributed by atoms with van der Waals surface area (Å²) in [5, 5.41) is 18.2. The van der Waals surface area contributed by atoms with Crippen molar-refractivity contribution in [3.8, 4) is 29.3 Å². The maximum atomic E-state index is 9.46. The van der Waals surface area contributed by atoms with E-state index in [9.17, 15) is 5.26 Å². The van der Waals surface area contributed by atoms with Crippen LogP contribution in [-0.2, 0) is 0 Å². The number of thioether (sulfide) groups is 1. The van der Waals surface area contributed by atoms with E-state index < -0.39 is 0 Å². The third kappa shape index (κ3) is 3.63. The minimum absolute atomic E-state index is 0.113. The molecule has 0 fully saturated rings. The first kappa shape index (κ1) is 16.4. The van der Waals surface area contributed by atoms with Crippen LogP contribution < -0.4 is 4.74 Å². The maximum absolute atomic E-state index is 9.46. The van der Waals surface area contributed by atoms with Crippen LogP contribution in [0.15, 0.2) is 47.6 Å². The van der Waals surface area contributed by atoms with Gasteiger partial charge in [0.2, 0.25) is 5.88 Å². The first-order valence-corrected chi connectivity index (χ1v) is 7.83. The van der Waals surface area contributed by atoms with E-state index in [0.29, 0.717) is 17.0 Å². The molecule has 0 aliphatic heterocycles. The van der Waals surface area contributed by atoms with Crippen LogP contribution in [-0.4, -0.2) is 17.8 Å². The molecule has 0 saturated carbocycles. The van der Waals surface area contributed by atoms with Gasteiger partial charge in [-0.05, 0) is 30.5 Å². The number of ether oxygens (including phenoxy) is 1. The van der Waals surface area contributed by atoms with Gasteiger partial charge in [-0.15, -0.1) is 11.8 Å². The van der Waals surface area contributed by atoms with Crippen molar-refractivity contribution in [2.75, 3.05) is 12.9 Å². The van der Waals surface area contributed by atoms with Crippen molar-refractivity contribution in [2.45, 2.75) is 0 Å². The summed E-state index contributed by atoms with van der Waals surface area (Å²) in [6.07, 6.45) is 6.92. The van der Waals surface area contributed by atoms with Gasteiger partial charge in [-0.3, -0.25) is 0 Å². The second-order valence-electron chi connectivity index (χ2n) is 4.24. The summed E-state index contributed by atoms with van der Waals surface area (Å²) in [6, 6.07) is 9.21. The second kappa shape index (κ2) is 7.88. The SMILES string of the molecule is C=C/C=C(\SC)c1cc(-c2ccco2)c(C#N)c(OCC#N)n1. The van der Waals surface area contributed by atoms with E-state index in [1.807, 2.05) is 18.4 Å². The highest BCUT2D eigenvalue weighted by molar-refractivity contribution is 8.07. The van der Waals surface area contributed by atoms with Crippen LogP contribution in [0.1, 0.15) is 11.3 Å². The van der Waals surface area contributed by atoms with E-state index in [0.717, 1.165) is 4.91 Å². The van der Waals surface area contributed by atoms with Crippen molar-refractivity contribution in [3.05, 3.63) is 54.5 Å². The molecule has 5 nitrogen and oxygen atoms in total. The number of nitrogens with zero attached hydrogens (tertiary/aromatic N) is 3. The Balaban J connectivity index is 2.69. The van der Waals surface area contributed by atoms with Gasteiger partial charge in [0, 0.05) is 10.5 Å². The molecule has 23 heavy (non-hydrogen) atoms. The number of hydrogen-bond acceptors (Lipinski definition) is 6. The zero-order chi connectivity index (χ0) is 16.7. The Morgan fingerprint density at radius 3 is 2.91 bits per heavy atom. The van der Waals surface area contributed by atoms with Gasteiger partial charge in [-0.25, -0.2) is 4.98 Å². The number of hydrogen-bond donors (Lipinski definition) is 0. The molecule has 0 aromatic carbocycles. The topological polar surface area (TPSA) is 82.8 Å². The monoisotopic (exact) mass is 323 g/mol. The van der Waals surface area contributed by atoms with Gasteiger partial charge in [0.15, 0.2) is 6.61 Å². The lowest BCUT2D eigenvalue weighted by molar-refractivity contribution is 0.352. The summed E-state index contributed by atoms with van der Waals surface area (Å²) in [6.45, 7) is 3.50. The van der Waals surface area contributed by atoms with Crippen LogP contribution in [0.5, 0.6) is 5.88 Å². The van der Waals surface area contributed by atoms with Crippen molar-refractivity contribution in [2.24, 2.45) is 0 Å². The standard InChI is InChI=1S/C17H13N3O2S/c1-3-5-16(23-2)14-10-12(15-6-4-8-21-15)13(11-19)17(20-14)22-9-7-18/h3-6,8,10H,1,9H2,2H3/b16-5-. The Labute approximate surface area is 138 Å². The molecule has 0 atom stereocenters. The molecule has 2 rings (SSSR count). The molecule has 0 aliphatic carbocycles. The highest BCUT2D eigenvalue weighted by Gasteiger charge is 2.18. The predicted molar refractivity (Wildman–Crippen MR) is 89.5 cm³/mol. The number of pyridine rings is 1. The van der Waals surface area contributed by atoms with Crippen molar-refractivity contribution in [3.63, 3.8) is 0 Å². The summed E-state index contributed by atoms with van der Waals surface area (Å²) < 4.78 is 10.7. The van der Waals surface area contributed by atoms with Crippen molar-refractivity contribution >= 4 is 16.7 Å². The minimum Gasteiger partial charge on any atom is -0.464 e. The van der Waals surface area contributed by atoms with Crippen molar-refractivity contribution in [1.29, 1.82) is 10.5 Å². The number of allylic oxidation sites excluding steroid dienone is 2. The average molecular weight is 323 g/mol. The van der Waals surface area contributed by atoms with Crippen molar-refractivity contribution < 1.29 is 9.15 Å². The molecule has 0 unspecified atom stereocenters. The molecule has 2 aromatic heterocycles. The van der Waals surface area contributed by atoms with Gasteiger partial charge in [0.1, 0.15) is 23.5 Å². The molecule has 6 heteroatoms. The zero-order valence-corrected chi connectivity index (χ0v) is 13.3. The lowest BCUT2D eigenvalue weighted by Gasteiger charge is -2.11. The van der Waals surface area contributed by atoms with E-state index in [1.165, 1.54) is 18.0 Å². The average Bonchev–Trinajstić information content (AvgIpc) is 3.11. The lowest BCUT2D eigenvalue weighted by Crippen LogP contribution is -2.02. The van der Waals surface area contributed by atoms with Crippen molar-refractivity contribution in [1.82, 2.24) is 4.98 Å². The summed E-state index contributed by atoms with van der Waals surface area (Å²) in [7, 11) is 0. The Morgan fingerprint density at radius 1 is 1.52 bits per heavy atom. The van der Waals surface area contributed by atoms with Gasteiger partial charge < -0.3 is 9.15 Å². The summed E-state index contributed by atoms with van der Waals surface area (Å²) >= 11 is 1.49. The largest absolute Gasteiger partial charge is 0.464 e. The fourth-order valence-electron chi connectivity index (χ4n) is 1.95. The van der Waals surface area contributed by atoms with Gasteiger partial charge in [0.25, 0.3) is 0 Å².